The van der Waals surface area contributed by atoms with E-state index < -0.39 is 24.1 Å². The molecule has 0 saturated heterocycles. The summed E-state index contributed by atoms with van der Waals surface area (Å²) in [5.41, 5.74) is 7.62. The largest absolute Gasteiger partial charge is 0.489 e. The molecule has 0 radical (unpaired) electrons. The van der Waals surface area contributed by atoms with E-state index in [0.29, 0.717) is 34.1 Å². The number of benzene rings is 10. The third-order valence-corrected chi connectivity index (χ3v) is 14.2. The van der Waals surface area contributed by atoms with Crippen molar-refractivity contribution in [3.63, 3.8) is 0 Å². The maximum absolute atomic E-state index is 15.5. The third-order valence-electron chi connectivity index (χ3n) is 14.2. The van der Waals surface area contributed by atoms with Gasteiger partial charge in [0.2, 0.25) is 11.5 Å². The van der Waals surface area contributed by atoms with Gasteiger partial charge in [-0.25, -0.2) is 4.79 Å². The van der Waals surface area contributed by atoms with E-state index in [0.717, 1.165) is 38.9 Å². The van der Waals surface area contributed by atoms with Crippen LogP contribution in [0.2, 0.25) is 0 Å². The highest BCUT2D eigenvalue weighted by atomic mass is 16.6. The van der Waals surface area contributed by atoms with Crippen molar-refractivity contribution in [3.05, 3.63) is 304 Å². The number of hydrogen-bond acceptors (Lipinski definition) is 12. The lowest BCUT2D eigenvalue weighted by Gasteiger charge is -2.35. The van der Waals surface area contributed by atoms with Gasteiger partial charge in [0.15, 0.2) is 29.1 Å². The van der Waals surface area contributed by atoms with Gasteiger partial charge in [0.1, 0.15) is 69.6 Å². The fraction of sp³-hybridized carbons (Fsp3) is 0.162. The van der Waals surface area contributed by atoms with Crippen molar-refractivity contribution < 1.29 is 57.0 Å². The average Bonchev–Trinajstić information content (AvgIpc) is 2.16. The van der Waals surface area contributed by atoms with Crippen LogP contribution in [0.4, 0.5) is 0 Å². The Bertz CT molecular complexity index is 3660. The Morgan fingerprint density at radius 2 is 0.744 bits per heavy atom. The van der Waals surface area contributed by atoms with Gasteiger partial charge < -0.3 is 47.4 Å². The molecule has 12 nitrogen and oxygen atoms in total. The molecule has 86 heavy (non-hydrogen) atoms. The fourth-order valence-electron chi connectivity index (χ4n) is 9.69. The number of rotatable bonds is 26. The third kappa shape index (κ3) is 15.4. The minimum absolute atomic E-state index is 0.0834. The average molecular weight is 1150 g/mol. The molecule has 12 heteroatoms. The Morgan fingerprint density at radius 1 is 0.395 bits per heavy atom. The van der Waals surface area contributed by atoms with E-state index in [1.54, 1.807) is 31.2 Å². The Labute approximate surface area is 501 Å². The van der Waals surface area contributed by atoms with Gasteiger partial charge in [0.05, 0.1) is 5.56 Å². The summed E-state index contributed by atoms with van der Waals surface area (Å²) in [6, 6.07) is 78.7. The van der Waals surface area contributed by atoms with E-state index >= 15 is 4.79 Å². The summed E-state index contributed by atoms with van der Waals surface area (Å²) in [6.07, 6.45) is -1.92. The maximum Gasteiger partial charge on any atom is 0.338 e. The standard InChI is InChI=1S/C74H64O12/c1-2-70(75)86-73-67(81-49-56-32-18-7-19-33-56)38-59(39-68(73)82-50-57-34-20-8-21-35-57)71-69(44-62-63(78-46-53-26-12-4-13-27-53)42-61(43-64(62)84-71)77-45-52-24-10-3-11-25-52)85-74(76)60-40-65(79-47-54-28-14-5-15-29-54)72(83-51-58-36-22-9-23-37-58)66(41-60)80-48-55-30-16-6-17-31-55/h3-43,69,71H,2,44-51H2,1H3/t69-,71-/m1/s1. The quantitative estimate of drug-likeness (QED) is 0.0378. The molecule has 1 heterocycles. The maximum atomic E-state index is 15.5. The molecule has 0 saturated carbocycles. The Kier molecular flexibility index (Phi) is 19.1. The second-order valence-corrected chi connectivity index (χ2v) is 20.5. The Hall–Kier alpha value is -10.5. The molecule has 0 spiro atoms. The van der Waals surface area contributed by atoms with Crippen molar-refractivity contribution in [3.8, 4) is 51.7 Å². The van der Waals surface area contributed by atoms with Gasteiger partial charge in [-0.3, -0.25) is 4.79 Å². The summed E-state index contributed by atoms with van der Waals surface area (Å²) in [5.74, 6) is 1.53. The molecule has 2 atom stereocenters. The van der Waals surface area contributed by atoms with Crippen LogP contribution in [0.5, 0.6) is 51.7 Å². The normalized spacial score (nSPS) is 13.2. The first-order chi connectivity index (χ1) is 42.4. The van der Waals surface area contributed by atoms with E-state index in [1.807, 2.05) is 224 Å². The predicted molar refractivity (Wildman–Crippen MR) is 327 cm³/mol. The van der Waals surface area contributed by atoms with E-state index in [9.17, 15) is 4.79 Å². The van der Waals surface area contributed by atoms with Gasteiger partial charge in [0, 0.05) is 36.1 Å². The number of hydrogen-bond donors (Lipinski definition) is 0. The molecular formula is C74H64O12. The number of carbonyl (C=O) groups excluding carboxylic acids is 2. The molecule has 0 unspecified atom stereocenters. The SMILES string of the molecule is CCC(=O)Oc1c(OCc2ccccc2)cc([C@H]2Oc3cc(OCc4ccccc4)cc(OCc4ccccc4)c3C[C@H]2OC(=O)c2cc(OCc3ccccc3)c(OCc3ccccc3)c(OCc3ccccc3)c2)cc1OCc1ccccc1. The highest BCUT2D eigenvalue weighted by molar-refractivity contribution is 5.91. The molecule has 0 aliphatic carbocycles. The van der Waals surface area contributed by atoms with E-state index in [-0.39, 0.29) is 93.4 Å². The minimum atomic E-state index is -1.06. The summed E-state index contributed by atoms with van der Waals surface area (Å²) >= 11 is 0. The van der Waals surface area contributed by atoms with Crippen LogP contribution >= 0.6 is 0 Å². The highest BCUT2D eigenvalue weighted by Crippen LogP contribution is 2.49. The zero-order chi connectivity index (χ0) is 58.7. The first-order valence-electron chi connectivity index (χ1n) is 28.7. The monoisotopic (exact) mass is 1140 g/mol. The smallest absolute Gasteiger partial charge is 0.338 e. The topological polar surface area (TPSA) is 126 Å². The molecule has 10 aromatic rings. The second kappa shape index (κ2) is 28.7. The first kappa shape index (κ1) is 57.4. The lowest BCUT2D eigenvalue weighted by molar-refractivity contribution is -0.134. The van der Waals surface area contributed by atoms with Gasteiger partial charge in [-0.1, -0.05) is 219 Å². The van der Waals surface area contributed by atoms with Gasteiger partial charge in [0.25, 0.3) is 0 Å². The lowest BCUT2D eigenvalue weighted by atomic mass is 9.93. The van der Waals surface area contributed by atoms with Crippen LogP contribution in [0.1, 0.15) is 79.9 Å². The van der Waals surface area contributed by atoms with Crippen molar-refractivity contribution in [1.29, 1.82) is 0 Å². The molecule has 10 aromatic carbocycles. The zero-order valence-corrected chi connectivity index (χ0v) is 47.6. The zero-order valence-electron chi connectivity index (χ0n) is 47.6. The summed E-state index contributed by atoms with van der Waals surface area (Å²) in [5, 5.41) is 0. The van der Waals surface area contributed by atoms with Crippen molar-refractivity contribution >= 4 is 11.9 Å². The summed E-state index contributed by atoms with van der Waals surface area (Å²) in [7, 11) is 0. The fourth-order valence-corrected chi connectivity index (χ4v) is 9.69. The van der Waals surface area contributed by atoms with E-state index in [2.05, 4.69) is 0 Å². The van der Waals surface area contributed by atoms with E-state index in [4.69, 9.17) is 47.4 Å². The number of esters is 2. The molecule has 0 fully saturated rings. The number of carbonyl (C=O) groups is 2. The molecule has 0 aromatic heterocycles. The highest BCUT2D eigenvalue weighted by Gasteiger charge is 2.39. The van der Waals surface area contributed by atoms with Crippen LogP contribution in [-0.4, -0.2) is 18.0 Å². The number of fused-ring (bicyclic) bond motifs is 1. The molecule has 0 amide bonds. The van der Waals surface area contributed by atoms with E-state index in [1.165, 1.54) is 0 Å². The van der Waals surface area contributed by atoms with Crippen molar-refractivity contribution in [2.24, 2.45) is 0 Å². The van der Waals surface area contributed by atoms with Crippen molar-refractivity contribution in [2.45, 2.75) is 78.2 Å². The van der Waals surface area contributed by atoms with Crippen molar-refractivity contribution in [1.82, 2.24) is 0 Å². The van der Waals surface area contributed by atoms with Crippen LogP contribution in [0, 0.1) is 0 Å². The molecular weight excluding hydrogens is 1080 g/mol. The Morgan fingerprint density at radius 3 is 1.13 bits per heavy atom. The summed E-state index contributed by atoms with van der Waals surface area (Å²) in [6.45, 7) is 2.95. The van der Waals surface area contributed by atoms with Crippen LogP contribution < -0.4 is 42.6 Å². The van der Waals surface area contributed by atoms with Gasteiger partial charge in [-0.05, 0) is 63.2 Å². The minimum Gasteiger partial charge on any atom is -0.489 e. The van der Waals surface area contributed by atoms with Crippen molar-refractivity contribution in [2.75, 3.05) is 0 Å². The molecule has 432 valence electrons. The molecule has 0 bridgehead atoms. The molecule has 0 N–H and O–H groups in total. The summed E-state index contributed by atoms with van der Waals surface area (Å²) < 4.78 is 66.4. The van der Waals surface area contributed by atoms with Gasteiger partial charge in [-0.2, -0.15) is 0 Å². The van der Waals surface area contributed by atoms with Crippen LogP contribution in [0.3, 0.4) is 0 Å². The predicted octanol–water partition coefficient (Wildman–Crippen LogP) is 16.0. The Balaban J connectivity index is 1.03. The number of ether oxygens (including phenoxy) is 10. The molecule has 11 rings (SSSR count). The van der Waals surface area contributed by atoms with Gasteiger partial charge >= 0.3 is 11.9 Å². The van der Waals surface area contributed by atoms with Crippen LogP contribution in [0.25, 0.3) is 0 Å². The molecule has 1 aliphatic rings. The first-order valence-corrected chi connectivity index (χ1v) is 28.7. The van der Waals surface area contributed by atoms with Crippen LogP contribution in [-0.2, 0) is 62.2 Å². The van der Waals surface area contributed by atoms with Crippen LogP contribution in [0.15, 0.2) is 249 Å². The molecule has 1 aliphatic heterocycles. The lowest BCUT2D eigenvalue weighted by Crippen LogP contribution is -2.35. The second-order valence-electron chi connectivity index (χ2n) is 20.5. The summed E-state index contributed by atoms with van der Waals surface area (Å²) in [4.78, 5) is 28.8. The van der Waals surface area contributed by atoms with Gasteiger partial charge in [-0.15, -0.1) is 0 Å².